The Morgan fingerprint density at radius 2 is 2.11 bits per heavy atom. The van der Waals surface area contributed by atoms with E-state index in [0.29, 0.717) is 17.5 Å². The number of nitrogens with one attached hydrogen (secondary N) is 1. The molecule has 0 aliphatic heterocycles. The fourth-order valence-electron chi connectivity index (χ4n) is 1.67. The first-order chi connectivity index (χ1) is 9.10. The lowest BCUT2D eigenvalue weighted by Gasteiger charge is -2.09. The molecule has 1 N–H and O–H groups in total. The third kappa shape index (κ3) is 3.41. The zero-order chi connectivity index (χ0) is 13.8. The van der Waals surface area contributed by atoms with Crippen molar-refractivity contribution in [3.8, 4) is 0 Å². The van der Waals surface area contributed by atoms with E-state index < -0.39 is 0 Å². The Morgan fingerprint density at radius 3 is 2.74 bits per heavy atom. The molecule has 0 atom stereocenters. The van der Waals surface area contributed by atoms with Crippen molar-refractivity contribution in [2.24, 2.45) is 7.05 Å². The molecule has 6 nitrogen and oxygen atoms in total. The largest absolute Gasteiger partial charge is 0.362 e. The van der Waals surface area contributed by atoms with Crippen LogP contribution in [0.5, 0.6) is 0 Å². The van der Waals surface area contributed by atoms with Crippen LogP contribution < -0.4 is 5.32 Å². The summed E-state index contributed by atoms with van der Waals surface area (Å²) in [5, 5.41) is 7.91. The average Bonchev–Trinajstić information content (AvgIpc) is 2.78. The Balaban J connectivity index is 2.14. The third-order valence-corrected chi connectivity index (χ3v) is 3.04. The fraction of sp³-hybridized carbons (Fsp3) is 0.500. The highest BCUT2D eigenvalue weighted by atomic mass is 35.5. The monoisotopic (exact) mass is 280 g/mol. The van der Waals surface area contributed by atoms with E-state index in [1.165, 1.54) is 0 Å². The molecule has 2 heterocycles. The van der Waals surface area contributed by atoms with Gasteiger partial charge in [0, 0.05) is 19.0 Å². The van der Waals surface area contributed by atoms with Gasteiger partial charge in [0.2, 0.25) is 0 Å². The highest BCUT2D eigenvalue weighted by molar-refractivity contribution is 6.30. The van der Waals surface area contributed by atoms with Gasteiger partial charge in [-0.2, -0.15) is 5.10 Å². The molecule has 102 valence electrons. The second-order valence-corrected chi connectivity index (χ2v) is 4.70. The number of halogens is 1. The maximum Gasteiger partial charge on any atom is 0.169 e. The minimum atomic E-state index is 0.495. The predicted octanol–water partition coefficient (Wildman–Crippen LogP) is 2.13. The third-order valence-electron chi connectivity index (χ3n) is 2.67. The van der Waals surface area contributed by atoms with Gasteiger partial charge in [0.15, 0.2) is 5.82 Å². The van der Waals surface area contributed by atoms with Crippen LogP contribution in [0, 0.1) is 6.92 Å². The summed E-state index contributed by atoms with van der Waals surface area (Å²) in [6, 6.07) is 0. The average molecular weight is 281 g/mol. The van der Waals surface area contributed by atoms with Crippen LogP contribution in [0.25, 0.3) is 0 Å². The molecule has 0 fully saturated rings. The molecule has 0 amide bonds. The first-order valence-electron chi connectivity index (χ1n) is 6.21. The van der Waals surface area contributed by atoms with Crippen LogP contribution in [-0.4, -0.2) is 24.7 Å². The molecule has 2 aromatic heterocycles. The first-order valence-corrected chi connectivity index (χ1v) is 6.59. The summed E-state index contributed by atoms with van der Waals surface area (Å²) < 4.78 is 1.67. The second-order valence-electron chi connectivity index (χ2n) is 4.34. The lowest BCUT2D eigenvalue weighted by Crippen LogP contribution is -2.08. The minimum Gasteiger partial charge on any atom is -0.362 e. The second kappa shape index (κ2) is 5.97. The molecule has 0 radical (unpaired) electrons. The van der Waals surface area contributed by atoms with E-state index in [4.69, 9.17) is 11.6 Å². The number of hydrogen-bond donors (Lipinski definition) is 1. The van der Waals surface area contributed by atoms with Gasteiger partial charge in [-0.3, -0.25) is 4.68 Å². The van der Waals surface area contributed by atoms with Crippen LogP contribution in [0.1, 0.15) is 30.6 Å². The van der Waals surface area contributed by atoms with Crippen molar-refractivity contribution in [1.82, 2.24) is 24.7 Å². The van der Waals surface area contributed by atoms with Gasteiger partial charge in [-0.25, -0.2) is 15.0 Å². The molecule has 0 aliphatic rings. The van der Waals surface area contributed by atoms with E-state index in [1.54, 1.807) is 11.0 Å². The minimum absolute atomic E-state index is 0.495. The number of hydrogen-bond acceptors (Lipinski definition) is 5. The van der Waals surface area contributed by atoms with Gasteiger partial charge >= 0.3 is 0 Å². The Morgan fingerprint density at radius 1 is 1.32 bits per heavy atom. The molecule has 0 unspecified atom stereocenters. The Labute approximate surface area is 117 Å². The molecule has 2 rings (SSSR count). The normalized spacial score (nSPS) is 10.7. The highest BCUT2D eigenvalue weighted by Crippen LogP contribution is 2.20. The fourth-order valence-corrected chi connectivity index (χ4v) is 1.86. The number of nitrogens with zero attached hydrogens (tertiary/aromatic N) is 5. The summed E-state index contributed by atoms with van der Waals surface area (Å²) in [5.74, 6) is 2.22. The maximum atomic E-state index is 6.11. The van der Waals surface area contributed by atoms with Gasteiger partial charge in [-0.15, -0.1) is 0 Å². The van der Waals surface area contributed by atoms with Crippen LogP contribution in [0.3, 0.4) is 0 Å². The summed E-state index contributed by atoms with van der Waals surface area (Å²) in [4.78, 5) is 12.9. The Kier molecular flexibility index (Phi) is 4.31. The summed E-state index contributed by atoms with van der Waals surface area (Å²) in [5.41, 5.74) is 0.845. The van der Waals surface area contributed by atoms with Crippen LogP contribution in [0.15, 0.2) is 6.33 Å². The molecule has 19 heavy (non-hydrogen) atoms. The van der Waals surface area contributed by atoms with E-state index in [0.717, 1.165) is 30.0 Å². The summed E-state index contributed by atoms with van der Waals surface area (Å²) >= 11 is 6.11. The number of aromatic nitrogens is 5. The van der Waals surface area contributed by atoms with E-state index in [2.05, 4.69) is 32.3 Å². The van der Waals surface area contributed by atoms with Crippen molar-refractivity contribution in [2.75, 3.05) is 5.32 Å². The van der Waals surface area contributed by atoms with Crippen molar-refractivity contribution in [2.45, 2.75) is 33.2 Å². The number of aryl methyl sites for hydroxylation is 2. The van der Waals surface area contributed by atoms with Crippen molar-refractivity contribution in [3.63, 3.8) is 0 Å². The van der Waals surface area contributed by atoms with Gasteiger partial charge < -0.3 is 5.32 Å². The molecule has 0 saturated heterocycles. The van der Waals surface area contributed by atoms with Crippen LogP contribution in [0.2, 0.25) is 5.15 Å². The van der Waals surface area contributed by atoms with Gasteiger partial charge in [-0.05, 0) is 13.3 Å². The molecule has 0 bridgehead atoms. The molecular formula is C12H17ClN6. The summed E-state index contributed by atoms with van der Waals surface area (Å²) in [6.07, 6.45) is 3.47. The van der Waals surface area contributed by atoms with Crippen molar-refractivity contribution >= 4 is 17.4 Å². The van der Waals surface area contributed by atoms with Gasteiger partial charge in [0.25, 0.3) is 0 Å². The van der Waals surface area contributed by atoms with E-state index >= 15 is 0 Å². The summed E-state index contributed by atoms with van der Waals surface area (Å²) in [6.45, 7) is 4.49. The van der Waals surface area contributed by atoms with E-state index in [9.17, 15) is 0 Å². The predicted molar refractivity (Wildman–Crippen MR) is 74.1 cm³/mol. The molecule has 0 saturated carbocycles. The quantitative estimate of drug-likeness (QED) is 0.850. The lowest BCUT2D eigenvalue weighted by molar-refractivity contribution is 0.746. The van der Waals surface area contributed by atoms with Gasteiger partial charge in [0.1, 0.15) is 23.1 Å². The molecule has 0 aliphatic carbocycles. The van der Waals surface area contributed by atoms with E-state index in [1.807, 2.05) is 14.0 Å². The summed E-state index contributed by atoms with van der Waals surface area (Å²) in [7, 11) is 1.84. The Hall–Kier alpha value is -1.69. The van der Waals surface area contributed by atoms with Crippen molar-refractivity contribution in [1.29, 1.82) is 0 Å². The van der Waals surface area contributed by atoms with Crippen LogP contribution >= 0.6 is 11.6 Å². The Bertz CT molecular complexity index is 565. The molecule has 0 spiro atoms. The highest BCUT2D eigenvalue weighted by Gasteiger charge is 2.09. The SMILES string of the molecule is CCCc1nc(Cl)c(C)c(NCc2ncn(C)n2)n1. The zero-order valence-electron chi connectivity index (χ0n) is 11.3. The molecular weight excluding hydrogens is 264 g/mol. The first kappa shape index (κ1) is 13.7. The number of anilines is 1. The zero-order valence-corrected chi connectivity index (χ0v) is 12.1. The van der Waals surface area contributed by atoms with Gasteiger partial charge in [0.05, 0.1) is 6.54 Å². The molecule has 2 aromatic rings. The molecule has 7 heteroatoms. The van der Waals surface area contributed by atoms with Crippen LogP contribution in [-0.2, 0) is 20.0 Å². The van der Waals surface area contributed by atoms with Gasteiger partial charge in [-0.1, -0.05) is 18.5 Å². The van der Waals surface area contributed by atoms with Crippen LogP contribution in [0.4, 0.5) is 5.82 Å². The topological polar surface area (TPSA) is 68.5 Å². The number of rotatable bonds is 5. The standard InChI is InChI=1S/C12H17ClN6/c1-4-5-9-16-11(13)8(2)12(17-9)14-6-10-15-7-19(3)18-10/h7H,4-6H2,1-3H3,(H,14,16,17). The smallest absolute Gasteiger partial charge is 0.169 e. The lowest BCUT2D eigenvalue weighted by atomic mass is 10.3. The molecule has 0 aromatic carbocycles. The van der Waals surface area contributed by atoms with Crippen molar-refractivity contribution in [3.05, 3.63) is 28.7 Å². The van der Waals surface area contributed by atoms with E-state index in [-0.39, 0.29) is 0 Å². The maximum absolute atomic E-state index is 6.11. The van der Waals surface area contributed by atoms with Crippen molar-refractivity contribution < 1.29 is 0 Å².